The van der Waals surface area contributed by atoms with Crippen LogP contribution in [0.15, 0.2) is 0 Å². The summed E-state index contributed by atoms with van der Waals surface area (Å²) in [6, 6.07) is -0.605. The highest BCUT2D eigenvalue weighted by Crippen LogP contribution is 2.00. The lowest BCUT2D eigenvalue weighted by Gasteiger charge is -2.21. The summed E-state index contributed by atoms with van der Waals surface area (Å²) in [4.78, 5) is 34.8. The van der Waals surface area contributed by atoms with Gasteiger partial charge in [-0.2, -0.15) is 0 Å². The van der Waals surface area contributed by atoms with Crippen LogP contribution in [0.5, 0.6) is 0 Å². The fourth-order valence-corrected chi connectivity index (χ4v) is 1.99. The summed E-state index contributed by atoms with van der Waals surface area (Å²) in [7, 11) is 0. The Morgan fingerprint density at radius 3 is 1.11 bits per heavy atom. The Balaban J connectivity index is 2.69. The summed E-state index contributed by atoms with van der Waals surface area (Å²) < 4.78 is 0. The summed E-state index contributed by atoms with van der Waals surface area (Å²) in [5, 5.41) is 8.21. The molecule has 0 spiro atoms. The van der Waals surface area contributed by atoms with E-state index in [0.717, 1.165) is 0 Å². The molecule has 0 aromatic rings. The van der Waals surface area contributed by atoms with Gasteiger partial charge in [-0.25, -0.2) is 0 Å². The van der Waals surface area contributed by atoms with Crippen LogP contribution < -0.4 is 16.0 Å². The first-order chi connectivity index (χ1) is 8.36. The maximum Gasteiger partial charge on any atom is 0.222 e. The molecule has 1 aliphatic rings. The van der Waals surface area contributed by atoms with Crippen molar-refractivity contribution in [3.8, 4) is 0 Å². The van der Waals surface area contributed by atoms with Gasteiger partial charge in [0.1, 0.15) is 0 Å². The van der Waals surface area contributed by atoms with Gasteiger partial charge in [0, 0.05) is 37.4 Å². The summed E-state index contributed by atoms with van der Waals surface area (Å²) in [5.41, 5.74) is 0. The Morgan fingerprint density at radius 1 is 0.667 bits per heavy atom. The number of amides is 3. The summed E-state index contributed by atoms with van der Waals surface area (Å²) in [5.74, 6) is -0.467. The van der Waals surface area contributed by atoms with Gasteiger partial charge in [0.05, 0.1) is 0 Å². The van der Waals surface area contributed by atoms with Crippen LogP contribution in [0.1, 0.15) is 40.0 Å². The third-order valence-corrected chi connectivity index (χ3v) is 2.70. The van der Waals surface area contributed by atoms with E-state index < -0.39 is 0 Å². The van der Waals surface area contributed by atoms with Crippen molar-refractivity contribution in [1.29, 1.82) is 0 Å². The van der Waals surface area contributed by atoms with E-state index in [4.69, 9.17) is 0 Å². The van der Waals surface area contributed by atoms with E-state index in [1.807, 2.05) is 0 Å². The smallest absolute Gasteiger partial charge is 0.222 e. The number of hydrogen-bond acceptors (Lipinski definition) is 3. The molecular formula is C12H21N3O3. The van der Waals surface area contributed by atoms with Gasteiger partial charge in [-0.3, -0.25) is 14.4 Å². The van der Waals surface area contributed by atoms with Crippen LogP contribution in [0.3, 0.4) is 0 Å². The third kappa shape index (κ3) is 5.16. The predicted octanol–water partition coefficient (Wildman–Crippen LogP) is -0.316. The lowest BCUT2D eigenvalue weighted by molar-refractivity contribution is -0.125. The molecule has 0 aliphatic carbocycles. The molecule has 102 valence electrons. The van der Waals surface area contributed by atoms with Crippen molar-refractivity contribution < 1.29 is 14.4 Å². The number of rotatable bonds is 0. The topological polar surface area (TPSA) is 87.3 Å². The second-order valence-corrected chi connectivity index (χ2v) is 5.02. The fraction of sp³-hybridized carbons (Fsp3) is 0.750. The highest BCUT2D eigenvalue weighted by atomic mass is 16.2. The van der Waals surface area contributed by atoms with Gasteiger partial charge >= 0.3 is 0 Å². The number of carbonyl (C=O) groups excluding carboxylic acids is 3. The fourth-order valence-electron chi connectivity index (χ4n) is 1.99. The Labute approximate surface area is 107 Å². The van der Waals surface area contributed by atoms with E-state index in [-0.39, 0.29) is 55.1 Å². The minimum absolute atomic E-state index is 0.156. The van der Waals surface area contributed by atoms with E-state index in [0.29, 0.717) is 0 Å². The Hall–Kier alpha value is -1.59. The lowest BCUT2D eigenvalue weighted by atomic mass is 10.1. The Kier molecular flexibility index (Phi) is 5.12. The maximum atomic E-state index is 11.6. The van der Waals surface area contributed by atoms with Crippen molar-refractivity contribution >= 4 is 17.7 Å². The molecule has 1 fully saturated rings. The molecule has 1 aliphatic heterocycles. The van der Waals surface area contributed by atoms with E-state index in [2.05, 4.69) is 16.0 Å². The predicted molar refractivity (Wildman–Crippen MR) is 66.7 cm³/mol. The number of carbonyl (C=O) groups is 3. The molecule has 0 aromatic heterocycles. The molecule has 3 amide bonds. The largest absolute Gasteiger partial charge is 0.353 e. The molecule has 1 unspecified atom stereocenters. The van der Waals surface area contributed by atoms with Crippen LogP contribution in [0.2, 0.25) is 0 Å². The standard InChI is InChI=1S/C12H21N3O3/c1-7-4-10(16)14-9(3)6-12(18)15-8(2)5-11(17)13-7/h7-9H,4-6H2,1-3H3,(H,13,17)(H,14,16)(H,15,18)/t7-,8-,9?/m1/s1. The zero-order valence-electron chi connectivity index (χ0n) is 11.1. The zero-order valence-corrected chi connectivity index (χ0v) is 11.1. The summed E-state index contributed by atoms with van der Waals surface area (Å²) in [6.07, 6.45) is 0.685. The van der Waals surface area contributed by atoms with E-state index in [9.17, 15) is 14.4 Å². The van der Waals surface area contributed by atoms with Crippen molar-refractivity contribution in [3.05, 3.63) is 0 Å². The monoisotopic (exact) mass is 255 g/mol. The first kappa shape index (κ1) is 14.5. The quantitative estimate of drug-likeness (QED) is 0.554. The molecule has 1 rings (SSSR count). The van der Waals surface area contributed by atoms with Crippen LogP contribution in [-0.4, -0.2) is 35.8 Å². The Morgan fingerprint density at radius 2 is 0.889 bits per heavy atom. The summed E-state index contributed by atoms with van der Waals surface area (Å²) >= 11 is 0. The SMILES string of the molecule is CC1CC(=O)N[C@H](C)CC(=O)N[C@H](C)CC(=O)N1. The Bertz CT molecular complexity index is 267. The molecule has 0 bridgehead atoms. The average Bonchev–Trinajstić information content (AvgIpc) is 2.12. The van der Waals surface area contributed by atoms with Gasteiger partial charge in [0.15, 0.2) is 0 Å². The molecule has 6 heteroatoms. The van der Waals surface area contributed by atoms with Crippen LogP contribution in [-0.2, 0) is 14.4 Å². The highest BCUT2D eigenvalue weighted by molar-refractivity contribution is 5.83. The van der Waals surface area contributed by atoms with Gasteiger partial charge in [0.2, 0.25) is 17.7 Å². The molecule has 3 N–H and O–H groups in total. The second-order valence-electron chi connectivity index (χ2n) is 5.02. The van der Waals surface area contributed by atoms with Gasteiger partial charge in [0.25, 0.3) is 0 Å². The van der Waals surface area contributed by atoms with E-state index in [1.165, 1.54) is 0 Å². The molecule has 0 aromatic carbocycles. The number of nitrogens with one attached hydrogen (secondary N) is 3. The minimum atomic E-state index is -0.202. The zero-order chi connectivity index (χ0) is 13.7. The molecule has 1 heterocycles. The van der Waals surface area contributed by atoms with Crippen LogP contribution >= 0.6 is 0 Å². The molecular weight excluding hydrogens is 234 g/mol. The molecule has 0 saturated carbocycles. The first-order valence-electron chi connectivity index (χ1n) is 6.25. The third-order valence-electron chi connectivity index (χ3n) is 2.70. The second kappa shape index (κ2) is 6.37. The van der Waals surface area contributed by atoms with Crippen molar-refractivity contribution in [1.82, 2.24) is 16.0 Å². The minimum Gasteiger partial charge on any atom is -0.353 e. The van der Waals surface area contributed by atoms with Crippen molar-refractivity contribution in [2.24, 2.45) is 0 Å². The van der Waals surface area contributed by atoms with Crippen molar-refractivity contribution in [2.75, 3.05) is 0 Å². The summed E-state index contributed by atoms with van der Waals surface area (Å²) in [6.45, 7) is 5.37. The van der Waals surface area contributed by atoms with Crippen LogP contribution in [0, 0.1) is 0 Å². The van der Waals surface area contributed by atoms with E-state index >= 15 is 0 Å². The lowest BCUT2D eigenvalue weighted by Crippen LogP contribution is -2.46. The van der Waals surface area contributed by atoms with Gasteiger partial charge in [-0.15, -0.1) is 0 Å². The number of hydrogen-bond donors (Lipinski definition) is 3. The highest BCUT2D eigenvalue weighted by Gasteiger charge is 2.19. The molecule has 3 atom stereocenters. The molecule has 18 heavy (non-hydrogen) atoms. The van der Waals surface area contributed by atoms with E-state index in [1.54, 1.807) is 20.8 Å². The maximum absolute atomic E-state index is 11.6. The van der Waals surface area contributed by atoms with Crippen LogP contribution in [0.4, 0.5) is 0 Å². The molecule has 6 nitrogen and oxygen atoms in total. The first-order valence-corrected chi connectivity index (χ1v) is 6.25. The van der Waals surface area contributed by atoms with Gasteiger partial charge in [-0.1, -0.05) is 0 Å². The van der Waals surface area contributed by atoms with Gasteiger partial charge in [-0.05, 0) is 20.8 Å². The van der Waals surface area contributed by atoms with Gasteiger partial charge < -0.3 is 16.0 Å². The van der Waals surface area contributed by atoms with Crippen molar-refractivity contribution in [3.63, 3.8) is 0 Å². The van der Waals surface area contributed by atoms with Crippen LogP contribution in [0.25, 0.3) is 0 Å². The molecule has 0 radical (unpaired) electrons. The molecule has 1 saturated heterocycles. The van der Waals surface area contributed by atoms with Crippen molar-refractivity contribution in [2.45, 2.75) is 58.2 Å². The average molecular weight is 255 g/mol. The normalized spacial score (nSPS) is 31.5.